The van der Waals surface area contributed by atoms with Gasteiger partial charge in [-0.1, -0.05) is 26.8 Å². The normalized spacial score (nSPS) is 48.9. The smallest absolute Gasteiger partial charge is 0.433 e. The maximum Gasteiger partial charge on any atom is 0.433 e. The van der Waals surface area contributed by atoms with Gasteiger partial charge in [-0.25, -0.2) is 4.79 Å². The zero-order valence-corrected chi connectivity index (χ0v) is 19.1. The molecule has 1 aliphatic heterocycles. The van der Waals surface area contributed by atoms with E-state index >= 15 is 0 Å². The maximum absolute atomic E-state index is 13.6. The van der Waals surface area contributed by atoms with E-state index in [4.69, 9.17) is 9.47 Å². The molecular formula is C22H35NO8. The predicted octanol–water partition coefficient (Wildman–Crippen LogP) is 1.41. The number of hydroxylamine groups is 2. The van der Waals surface area contributed by atoms with Crippen molar-refractivity contribution >= 4 is 11.9 Å². The number of amides is 1. The topological polar surface area (TPSA) is 137 Å². The van der Waals surface area contributed by atoms with Crippen LogP contribution in [-0.2, 0) is 14.3 Å². The minimum absolute atomic E-state index is 0.200. The van der Waals surface area contributed by atoms with Crippen molar-refractivity contribution in [1.82, 2.24) is 5.06 Å². The summed E-state index contributed by atoms with van der Waals surface area (Å²) in [6, 6.07) is 0. The Bertz CT molecular complexity index is 798. The van der Waals surface area contributed by atoms with E-state index in [1.54, 1.807) is 13.8 Å². The Labute approximate surface area is 182 Å². The summed E-state index contributed by atoms with van der Waals surface area (Å²) in [7, 11) is 1.06. The van der Waals surface area contributed by atoms with Crippen molar-refractivity contribution in [1.29, 1.82) is 0 Å². The lowest BCUT2D eigenvalue weighted by Crippen LogP contribution is -2.86. The van der Waals surface area contributed by atoms with Gasteiger partial charge in [-0.2, -0.15) is 5.06 Å². The first kappa shape index (κ1) is 24.1. The Balaban J connectivity index is 2.30. The van der Waals surface area contributed by atoms with Crippen molar-refractivity contribution in [3.05, 3.63) is 12.7 Å². The van der Waals surface area contributed by atoms with Crippen LogP contribution >= 0.6 is 0 Å². The molecule has 0 bridgehead atoms. The molecule has 176 valence electrons. The number of nitrogens with zero attached hydrogens (tertiary/aromatic N) is 1. The summed E-state index contributed by atoms with van der Waals surface area (Å²) in [5.74, 6) is -1.40. The van der Waals surface area contributed by atoms with Crippen LogP contribution < -0.4 is 0 Å². The number of Topliss-reactive ketones (excluding diaryl/α,β-unsaturated/α-hetero) is 1. The summed E-state index contributed by atoms with van der Waals surface area (Å²) in [6.07, 6.45) is -3.12. The third-order valence-electron chi connectivity index (χ3n) is 8.22. The number of carbonyl (C=O) groups excluding carboxylic acids is 2. The Morgan fingerprint density at radius 3 is 2.35 bits per heavy atom. The van der Waals surface area contributed by atoms with E-state index in [1.807, 2.05) is 13.8 Å². The molecule has 3 fully saturated rings. The number of hydrogen-bond donors (Lipinski definition) is 4. The van der Waals surface area contributed by atoms with E-state index < -0.39 is 63.7 Å². The van der Waals surface area contributed by atoms with Crippen molar-refractivity contribution in [3.8, 4) is 0 Å². The number of ether oxygens (including phenoxy) is 2. The first-order chi connectivity index (χ1) is 14.0. The average molecular weight is 442 g/mol. The third-order valence-corrected chi connectivity index (χ3v) is 8.22. The lowest BCUT2D eigenvalue weighted by molar-refractivity contribution is -0.370. The number of aliphatic hydroxyl groups excluding tert-OH is 2. The van der Waals surface area contributed by atoms with Crippen LogP contribution in [0.15, 0.2) is 12.7 Å². The van der Waals surface area contributed by atoms with Crippen molar-refractivity contribution < 1.29 is 39.6 Å². The molecule has 3 rings (SSSR count). The van der Waals surface area contributed by atoms with Gasteiger partial charge in [0, 0.05) is 24.8 Å². The second-order valence-corrected chi connectivity index (χ2v) is 10.7. The highest BCUT2D eigenvalue weighted by atomic mass is 16.7. The van der Waals surface area contributed by atoms with Crippen LogP contribution in [-0.4, -0.2) is 79.6 Å². The molecule has 0 aromatic rings. The van der Waals surface area contributed by atoms with Gasteiger partial charge in [0.25, 0.3) is 0 Å². The molecule has 3 aliphatic rings. The second kappa shape index (κ2) is 6.99. The minimum atomic E-state index is -2.29. The molecule has 1 saturated heterocycles. The number of rotatable bonds is 2. The van der Waals surface area contributed by atoms with Gasteiger partial charge in [0.05, 0.1) is 17.8 Å². The van der Waals surface area contributed by atoms with Crippen molar-refractivity contribution in [2.45, 2.75) is 89.0 Å². The molecule has 31 heavy (non-hydrogen) atoms. The largest absolute Gasteiger partial charge is 0.439 e. The Kier molecular flexibility index (Phi) is 5.44. The second-order valence-electron chi connectivity index (χ2n) is 10.7. The lowest BCUT2D eigenvalue weighted by atomic mass is 9.40. The predicted molar refractivity (Wildman–Crippen MR) is 109 cm³/mol. The molecule has 9 nitrogen and oxygen atoms in total. The van der Waals surface area contributed by atoms with Gasteiger partial charge in [0.2, 0.25) is 0 Å². The lowest BCUT2D eigenvalue weighted by Gasteiger charge is -2.71. The van der Waals surface area contributed by atoms with Gasteiger partial charge >= 0.3 is 6.09 Å². The minimum Gasteiger partial charge on any atom is -0.439 e. The number of carbonyl (C=O) groups is 2. The molecule has 1 heterocycles. The average Bonchev–Trinajstić information content (AvgIpc) is 2.65. The summed E-state index contributed by atoms with van der Waals surface area (Å²) in [6.45, 7) is 12.1. The van der Waals surface area contributed by atoms with Crippen LogP contribution in [0.5, 0.6) is 0 Å². The van der Waals surface area contributed by atoms with Gasteiger partial charge in [-0.05, 0) is 32.1 Å². The van der Waals surface area contributed by atoms with Gasteiger partial charge in [0.1, 0.15) is 5.60 Å². The van der Waals surface area contributed by atoms with E-state index in [1.165, 1.54) is 13.0 Å². The summed E-state index contributed by atoms with van der Waals surface area (Å²) < 4.78 is 11.7. The van der Waals surface area contributed by atoms with E-state index in [2.05, 4.69) is 6.58 Å². The first-order valence-corrected chi connectivity index (χ1v) is 10.6. The van der Waals surface area contributed by atoms with Crippen molar-refractivity contribution in [2.24, 2.45) is 16.7 Å². The molecule has 8 atom stereocenters. The number of fused-ring (bicyclic) bond motifs is 3. The van der Waals surface area contributed by atoms with E-state index in [0.29, 0.717) is 12.8 Å². The van der Waals surface area contributed by atoms with E-state index in [-0.39, 0.29) is 11.5 Å². The zero-order valence-electron chi connectivity index (χ0n) is 19.1. The molecular weight excluding hydrogens is 406 g/mol. The Morgan fingerprint density at radius 1 is 1.26 bits per heavy atom. The Hall–Kier alpha value is -1.52. The summed E-state index contributed by atoms with van der Waals surface area (Å²) >= 11 is 0. The quantitative estimate of drug-likeness (QED) is 0.287. The standard InChI is InChI=1S/C22H35NO8/c1-8-19(4)11-13(25)22(28)20(5)12(24)9-10-18(2,3)15(20)14(26)16(21(22,6)31-19)30-17(27)23(7)29/h8,12,14-16,24,26,28-29H,1,9-11H2,2-7H3/t12-,14-,15-,16-,19-,20-,21+,22-/m0/s1. The van der Waals surface area contributed by atoms with Crippen LogP contribution in [0.1, 0.15) is 53.9 Å². The first-order valence-electron chi connectivity index (χ1n) is 10.6. The molecule has 0 unspecified atom stereocenters. The number of aliphatic hydroxyl groups is 3. The van der Waals surface area contributed by atoms with Crippen LogP contribution in [0, 0.1) is 16.7 Å². The summed E-state index contributed by atoms with van der Waals surface area (Å²) in [5.41, 5.74) is -7.53. The molecule has 2 aliphatic carbocycles. The molecule has 0 radical (unpaired) electrons. The van der Waals surface area contributed by atoms with Crippen molar-refractivity contribution in [2.75, 3.05) is 7.05 Å². The zero-order chi connectivity index (χ0) is 23.8. The van der Waals surface area contributed by atoms with E-state index in [9.17, 15) is 30.1 Å². The fraction of sp³-hybridized carbons (Fsp3) is 0.818. The van der Waals surface area contributed by atoms with Crippen LogP contribution in [0.3, 0.4) is 0 Å². The fourth-order valence-corrected chi connectivity index (χ4v) is 6.66. The molecule has 2 saturated carbocycles. The molecule has 0 aromatic heterocycles. The molecule has 4 N–H and O–H groups in total. The third kappa shape index (κ3) is 2.94. The van der Waals surface area contributed by atoms with E-state index in [0.717, 1.165) is 7.05 Å². The molecule has 1 amide bonds. The highest BCUT2D eigenvalue weighted by molar-refractivity contribution is 5.92. The van der Waals surface area contributed by atoms with Crippen LogP contribution in [0.25, 0.3) is 0 Å². The Morgan fingerprint density at radius 2 is 1.84 bits per heavy atom. The summed E-state index contributed by atoms with van der Waals surface area (Å²) in [4.78, 5) is 26.0. The van der Waals surface area contributed by atoms with Gasteiger partial charge in [-0.15, -0.1) is 6.58 Å². The molecule has 9 heteroatoms. The van der Waals surface area contributed by atoms with Gasteiger partial charge in [-0.3, -0.25) is 10.0 Å². The van der Waals surface area contributed by atoms with Crippen molar-refractivity contribution in [3.63, 3.8) is 0 Å². The number of hydrogen-bond acceptors (Lipinski definition) is 8. The summed E-state index contributed by atoms with van der Waals surface area (Å²) in [5, 5.41) is 44.6. The maximum atomic E-state index is 13.6. The number of ketones is 1. The van der Waals surface area contributed by atoms with Gasteiger partial charge < -0.3 is 24.8 Å². The highest BCUT2D eigenvalue weighted by Gasteiger charge is 2.81. The highest BCUT2D eigenvalue weighted by Crippen LogP contribution is 2.67. The van der Waals surface area contributed by atoms with Gasteiger partial charge in [0.15, 0.2) is 17.5 Å². The molecule has 0 spiro atoms. The van der Waals surface area contributed by atoms with Crippen LogP contribution in [0.4, 0.5) is 4.79 Å². The SMILES string of the molecule is C=C[C@@]1(C)CC(=O)[C@]2(O)[C@@]3(C)[C@@H](O)CCC(C)(C)[C@@H]3[C@H](O)[C@H](OC(=O)N(C)O)[C@@]2(C)O1. The fourth-order valence-electron chi connectivity index (χ4n) is 6.66. The monoisotopic (exact) mass is 441 g/mol. The molecule has 0 aromatic carbocycles. The van der Waals surface area contributed by atoms with Crippen LogP contribution in [0.2, 0.25) is 0 Å².